The van der Waals surface area contributed by atoms with Crippen molar-refractivity contribution in [3.63, 3.8) is 0 Å². The van der Waals surface area contributed by atoms with Crippen molar-refractivity contribution in [2.45, 2.75) is 0 Å². The van der Waals surface area contributed by atoms with Gasteiger partial charge in [0, 0.05) is 10.0 Å². The lowest BCUT2D eigenvalue weighted by atomic mass is 10.1. The molecule has 27 heavy (non-hydrogen) atoms. The second-order valence-electron chi connectivity index (χ2n) is 5.45. The van der Waals surface area contributed by atoms with Crippen molar-refractivity contribution >= 4 is 45.1 Å². The molecule has 138 valence electrons. The number of hydrogen-bond acceptors (Lipinski definition) is 6. The van der Waals surface area contributed by atoms with E-state index in [1.807, 2.05) is 0 Å². The number of benzene rings is 2. The molecule has 0 unspecified atom stereocenters. The zero-order valence-electron chi connectivity index (χ0n) is 14.1. The second kappa shape index (κ2) is 8.00. The molecular formula is C18H14BrN3O5. The SMILES string of the molecule is COC(=O)c1cccc(OCC(=O)N/N=C2\C(=O)Nc3ccc(Br)cc32)c1. The lowest BCUT2D eigenvalue weighted by Gasteiger charge is -2.06. The summed E-state index contributed by atoms with van der Waals surface area (Å²) in [4.78, 5) is 35.4. The predicted molar refractivity (Wildman–Crippen MR) is 101 cm³/mol. The van der Waals surface area contributed by atoms with Crippen LogP contribution in [0.4, 0.5) is 5.69 Å². The number of rotatable bonds is 5. The lowest BCUT2D eigenvalue weighted by Crippen LogP contribution is -2.27. The first-order chi connectivity index (χ1) is 13.0. The van der Waals surface area contributed by atoms with E-state index in [1.54, 1.807) is 36.4 Å². The van der Waals surface area contributed by atoms with Crippen LogP contribution in [0.5, 0.6) is 5.75 Å². The number of hydrazone groups is 1. The normalized spacial score (nSPS) is 13.7. The topological polar surface area (TPSA) is 106 Å². The molecule has 1 aliphatic heterocycles. The molecule has 1 aliphatic rings. The van der Waals surface area contributed by atoms with Gasteiger partial charge < -0.3 is 14.8 Å². The summed E-state index contributed by atoms with van der Waals surface area (Å²) in [5, 5.41) is 6.55. The fourth-order valence-electron chi connectivity index (χ4n) is 2.37. The summed E-state index contributed by atoms with van der Waals surface area (Å²) in [5.74, 6) is -1.14. The number of carbonyl (C=O) groups is 3. The van der Waals surface area contributed by atoms with Crippen LogP contribution in [0, 0.1) is 0 Å². The fourth-order valence-corrected chi connectivity index (χ4v) is 2.73. The van der Waals surface area contributed by atoms with Gasteiger partial charge in [-0.25, -0.2) is 10.2 Å². The van der Waals surface area contributed by atoms with Crippen LogP contribution >= 0.6 is 15.9 Å². The monoisotopic (exact) mass is 431 g/mol. The van der Waals surface area contributed by atoms with Gasteiger partial charge in [-0.15, -0.1) is 0 Å². The van der Waals surface area contributed by atoms with Gasteiger partial charge in [0.05, 0.1) is 18.4 Å². The highest BCUT2D eigenvalue weighted by Gasteiger charge is 2.26. The molecule has 0 aromatic heterocycles. The molecule has 0 radical (unpaired) electrons. The molecule has 0 spiro atoms. The van der Waals surface area contributed by atoms with E-state index in [4.69, 9.17) is 4.74 Å². The Kier molecular flexibility index (Phi) is 5.51. The van der Waals surface area contributed by atoms with Gasteiger partial charge in [0.15, 0.2) is 12.3 Å². The van der Waals surface area contributed by atoms with Crippen LogP contribution in [0.15, 0.2) is 52.0 Å². The molecule has 8 nitrogen and oxygen atoms in total. The summed E-state index contributed by atoms with van der Waals surface area (Å²) in [6.45, 7) is -0.339. The van der Waals surface area contributed by atoms with E-state index in [9.17, 15) is 14.4 Å². The first-order valence-corrected chi connectivity index (χ1v) is 8.56. The standard InChI is InChI=1S/C18H14BrN3O5/c1-26-18(25)10-3-2-4-12(7-10)27-9-15(23)21-22-16-13-8-11(19)5-6-14(13)20-17(16)24/h2-8H,9H2,1H3,(H,21,23)(H,20,22,24). The minimum Gasteiger partial charge on any atom is -0.484 e. The van der Waals surface area contributed by atoms with Crippen molar-refractivity contribution < 1.29 is 23.9 Å². The van der Waals surface area contributed by atoms with Crippen molar-refractivity contribution in [3.8, 4) is 5.75 Å². The number of methoxy groups -OCH3 is 1. The van der Waals surface area contributed by atoms with Crippen molar-refractivity contribution in [3.05, 3.63) is 58.1 Å². The molecule has 2 amide bonds. The molecule has 2 aromatic rings. The number of nitrogens with one attached hydrogen (secondary N) is 2. The highest BCUT2D eigenvalue weighted by Crippen LogP contribution is 2.26. The highest BCUT2D eigenvalue weighted by atomic mass is 79.9. The number of esters is 1. The summed E-state index contributed by atoms with van der Waals surface area (Å²) < 4.78 is 10.7. The molecule has 0 aliphatic carbocycles. The molecule has 3 rings (SSSR count). The Hall–Kier alpha value is -3.20. The van der Waals surface area contributed by atoms with Gasteiger partial charge in [-0.2, -0.15) is 5.10 Å². The number of halogens is 1. The predicted octanol–water partition coefficient (Wildman–Crippen LogP) is 2.09. The minimum absolute atomic E-state index is 0.104. The van der Waals surface area contributed by atoms with E-state index in [2.05, 4.69) is 36.5 Å². The fraction of sp³-hybridized carbons (Fsp3) is 0.111. The highest BCUT2D eigenvalue weighted by molar-refractivity contribution is 9.10. The zero-order chi connectivity index (χ0) is 19.4. The molecule has 0 atom stereocenters. The van der Waals surface area contributed by atoms with E-state index in [1.165, 1.54) is 13.2 Å². The summed E-state index contributed by atoms with van der Waals surface area (Å²) in [6.07, 6.45) is 0. The van der Waals surface area contributed by atoms with Crippen LogP contribution in [-0.4, -0.2) is 37.2 Å². The number of amides is 2. The Labute approximate surface area is 162 Å². The smallest absolute Gasteiger partial charge is 0.337 e. The Morgan fingerprint density at radius 1 is 1.22 bits per heavy atom. The molecule has 0 saturated carbocycles. The maximum Gasteiger partial charge on any atom is 0.337 e. The number of hydrogen-bond donors (Lipinski definition) is 2. The van der Waals surface area contributed by atoms with Crippen LogP contribution in [0.3, 0.4) is 0 Å². The first kappa shape index (κ1) is 18.6. The first-order valence-electron chi connectivity index (χ1n) is 7.77. The van der Waals surface area contributed by atoms with Gasteiger partial charge in [0.1, 0.15) is 5.75 Å². The molecular weight excluding hydrogens is 418 g/mol. The van der Waals surface area contributed by atoms with Gasteiger partial charge in [0.25, 0.3) is 11.8 Å². The van der Waals surface area contributed by atoms with Crippen molar-refractivity contribution in [2.75, 3.05) is 19.0 Å². The number of nitrogens with zero attached hydrogens (tertiary/aromatic N) is 1. The van der Waals surface area contributed by atoms with Gasteiger partial charge >= 0.3 is 5.97 Å². The maximum absolute atomic E-state index is 12.0. The second-order valence-corrected chi connectivity index (χ2v) is 6.36. The average molecular weight is 432 g/mol. The quantitative estimate of drug-likeness (QED) is 0.556. The molecule has 2 aromatic carbocycles. The molecule has 0 bridgehead atoms. The van der Waals surface area contributed by atoms with Crippen molar-refractivity contribution in [1.29, 1.82) is 0 Å². The third kappa shape index (κ3) is 4.32. The number of fused-ring (bicyclic) bond motifs is 1. The summed E-state index contributed by atoms with van der Waals surface area (Å²) >= 11 is 3.33. The third-order valence-corrected chi connectivity index (χ3v) is 4.11. The summed E-state index contributed by atoms with van der Waals surface area (Å²) in [6, 6.07) is 11.5. The zero-order valence-corrected chi connectivity index (χ0v) is 15.7. The van der Waals surface area contributed by atoms with Crippen LogP contribution in [0.2, 0.25) is 0 Å². The van der Waals surface area contributed by atoms with E-state index in [0.29, 0.717) is 22.6 Å². The average Bonchev–Trinajstić information content (AvgIpc) is 2.98. The van der Waals surface area contributed by atoms with Gasteiger partial charge in [-0.05, 0) is 36.4 Å². The van der Waals surface area contributed by atoms with Crippen molar-refractivity contribution in [1.82, 2.24) is 5.43 Å². The Morgan fingerprint density at radius 2 is 2.04 bits per heavy atom. The van der Waals surface area contributed by atoms with Gasteiger partial charge in [-0.3, -0.25) is 9.59 Å². The Morgan fingerprint density at radius 3 is 2.81 bits per heavy atom. The third-order valence-electron chi connectivity index (χ3n) is 3.62. The Balaban J connectivity index is 1.62. The van der Waals surface area contributed by atoms with Crippen molar-refractivity contribution in [2.24, 2.45) is 5.10 Å². The summed E-state index contributed by atoms with van der Waals surface area (Å²) in [5.41, 5.74) is 3.90. The largest absolute Gasteiger partial charge is 0.484 e. The van der Waals surface area contributed by atoms with Crippen LogP contribution in [0.25, 0.3) is 0 Å². The summed E-state index contributed by atoms with van der Waals surface area (Å²) in [7, 11) is 1.28. The van der Waals surface area contributed by atoms with E-state index in [-0.39, 0.29) is 12.3 Å². The number of ether oxygens (including phenoxy) is 2. The maximum atomic E-state index is 12.0. The Bertz CT molecular complexity index is 958. The number of anilines is 1. The van der Waals surface area contributed by atoms with E-state index >= 15 is 0 Å². The van der Waals surface area contributed by atoms with Gasteiger partial charge in [-0.1, -0.05) is 22.0 Å². The molecule has 9 heteroatoms. The minimum atomic E-state index is -0.554. The van der Waals surface area contributed by atoms with Gasteiger partial charge in [0.2, 0.25) is 0 Å². The lowest BCUT2D eigenvalue weighted by molar-refractivity contribution is -0.123. The molecule has 0 saturated heterocycles. The van der Waals surface area contributed by atoms with Crippen LogP contribution in [-0.2, 0) is 14.3 Å². The van der Waals surface area contributed by atoms with Crippen LogP contribution < -0.4 is 15.5 Å². The van der Waals surface area contributed by atoms with E-state index < -0.39 is 17.8 Å². The molecule has 0 fully saturated rings. The van der Waals surface area contributed by atoms with E-state index in [0.717, 1.165) is 4.47 Å². The van der Waals surface area contributed by atoms with Crippen LogP contribution in [0.1, 0.15) is 15.9 Å². The molecule has 1 heterocycles. The molecule has 2 N–H and O–H groups in total. The number of carbonyl (C=O) groups excluding carboxylic acids is 3.